The summed E-state index contributed by atoms with van der Waals surface area (Å²) in [4.78, 5) is 10.0. The van der Waals surface area contributed by atoms with Crippen LogP contribution >= 0.6 is 0 Å². The summed E-state index contributed by atoms with van der Waals surface area (Å²) >= 11 is 0. The number of carboxylic acids is 1. The summed E-state index contributed by atoms with van der Waals surface area (Å²) in [7, 11) is 0. The smallest absolute Gasteiger partial charge is 0.143 e. The highest BCUT2D eigenvalue weighted by atomic mass is 19.1. The van der Waals surface area contributed by atoms with Crippen LogP contribution in [0.15, 0.2) is 30.3 Å². The van der Waals surface area contributed by atoms with Gasteiger partial charge in [-0.3, -0.25) is 0 Å². The highest BCUT2D eigenvalue weighted by Gasteiger charge is 2.07. The van der Waals surface area contributed by atoms with Crippen molar-refractivity contribution in [3.63, 3.8) is 0 Å². The van der Waals surface area contributed by atoms with Crippen molar-refractivity contribution in [2.75, 3.05) is 0 Å². The Bertz CT molecular complexity index is 258. The number of alkyl halides is 1. The molecule has 0 aliphatic carbocycles. The first-order valence-electron chi connectivity index (χ1n) is 3.59. The minimum atomic E-state index is -1.91. The zero-order chi connectivity index (χ0) is 8.97. The van der Waals surface area contributed by atoms with Gasteiger partial charge in [-0.1, -0.05) is 30.3 Å². The summed E-state index contributed by atoms with van der Waals surface area (Å²) in [5, 5.41) is 10.0. The van der Waals surface area contributed by atoms with E-state index in [1.807, 2.05) is 0 Å². The lowest BCUT2D eigenvalue weighted by molar-refractivity contribution is -0.311. The van der Waals surface area contributed by atoms with Crippen LogP contribution in [0, 0.1) is 0 Å². The van der Waals surface area contributed by atoms with Crippen molar-refractivity contribution in [2.45, 2.75) is 12.6 Å². The third kappa shape index (κ3) is 2.34. The number of hydrogen-bond donors (Lipinski definition) is 0. The average Bonchev–Trinajstić information content (AvgIpc) is 2.06. The summed E-state index contributed by atoms with van der Waals surface area (Å²) in [6.45, 7) is 0. The van der Waals surface area contributed by atoms with Gasteiger partial charge >= 0.3 is 0 Å². The highest BCUT2D eigenvalue weighted by Crippen LogP contribution is 2.04. The molecule has 0 saturated heterocycles. The normalized spacial score (nSPS) is 12.4. The first-order valence-corrected chi connectivity index (χ1v) is 3.59. The number of rotatable bonds is 3. The van der Waals surface area contributed by atoms with Crippen molar-refractivity contribution in [3.05, 3.63) is 35.9 Å². The van der Waals surface area contributed by atoms with Gasteiger partial charge < -0.3 is 9.90 Å². The van der Waals surface area contributed by atoms with E-state index in [1.54, 1.807) is 30.3 Å². The minimum absolute atomic E-state index is 0.122. The van der Waals surface area contributed by atoms with Gasteiger partial charge in [-0.15, -0.1) is 0 Å². The maximum absolute atomic E-state index is 12.5. The third-order valence-corrected chi connectivity index (χ3v) is 1.51. The van der Waals surface area contributed by atoms with Crippen molar-refractivity contribution in [1.82, 2.24) is 0 Å². The predicted octanol–water partition coefficient (Wildman–Crippen LogP) is 0.317. The van der Waals surface area contributed by atoms with Crippen LogP contribution in [0.4, 0.5) is 4.39 Å². The molecular formula is C9H8FO2-. The molecule has 0 heterocycles. The summed E-state index contributed by atoms with van der Waals surface area (Å²) in [6, 6.07) is 8.61. The highest BCUT2D eigenvalue weighted by molar-refractivity contribution is 5.70. The number of hydrogen-bond acceptors (Lipinski definition) is 2. The predicted molar refractivity (Wildman–Crippen MR) is 40.0 cm³/mol. The molecule has 1 atom stereocenters. The largest absolute Gasteiger partial charge is 0.547 e. The van der Waals surface area contributed by atoms with E-state index < -0.39 is 12.1 Å². The van der Waals surface area contributed by atoms with E-state index >= 15 is 0 Å². The molecule has 0 saturated carbocycles. The number of halogens is 1. The van der Waals surface area contributed by atoms with Gasteiger partial charge in [0.15, 0.2) is 0 Å². The monoisotopic (exact) mass is 167 g/mol. The summed E-state index contributed by atoms with van der Waals surface area (Å²) in [6.07, 6.45) is -2.03. The number of benzene rings is 1. The maximum Gasteiger partial charge on any atom is 0.143 e. The first-order chi connectivity index (χ1) is 5.70. The molecule has 0 amide bonds. The molecule has 1 rings (SSSR count). The molecule has 0 aliphatic rings. The summed E-state index contributed by atoms with van der Waals surface area (Å²) < 4.78 is 12.5. The Morgan fingerprint density at radius 1 is 1.42 bits per heavy atom. The fourth-order valence-electron chi connectivity index (χ4n) is 0.904. The molecule has 2 nitrogen and oxygen atoms in total. The topological polar surface area (TPSA) is 40.1 Å². The molecule has 12 heavy (non-hydrogen) atoms. The quantitative estimate of drug-likeness (QED) is 0.650. The van der Waals surface area contributed by atoms with Gasteiger partial charge in [0.1, 0.15) is 6.17 Å². The van der Waals surface area contributed by atoms with Crippen LogP contribution in [-0.4, -0.2) is 12.1 Å². The number of aliphatic carboxylic acids is 1. The molecule has 0 N–H and O–H groups in total. The summed E-state index contributed by atoms with van der Waals surface area (Å²) in [5.41, 5.74) is 0.661. The van der Waals surface area contributed by atoms with E-state index in [4.69, 9.17) is 0 Å². The molecule has 0 aromatic heterocycles. The second-order valence-corrected chi connectivity index (χ2v) is 2.48. The number of carbonyl (C=O) groups excluding carboxylic acids is 1. The second-order valence-electron chi connectivity index (χ2n) is 2.48. The Kier molecular flexibility index (Phi) is 2.80. The Labute approximate surface area is 69.6 Å². The minimum Gasteiger partial charge on any atom is -0.547 e. The van der Waals surface area contributed by atoms with E-state index in [-0.39, 0.29) is 6.42 Å². The molecule has 0 aliphatic heterocycles. The van der Waals surface area contributed by atoms with E-state index in [0.717, 1.165) is 0 Å². The fraction of sp³-hybridized carbons (Fsp3) is 0.222. The van der Waals surface area contributed by atoms with Gasteiger partial charge in [-0.2, -0.15) is 0 Å². The van der Waals surface area contributed by atoms with Crippen molar-refractivity contribution < 1.29 is 14.3 Å². The molecular weight excluding hydrogens is 159 g/mol. The Balaban J connectivity index is 2.58. The van der Waals surface area contributed by atoms with E-state index in [0.29, 0.717) is 5.56 Å². The third-order valence-electron chi connectivity index (χ3n) is 1.51. The first kappa shape index (κ1) is 8.71. The van der Waals surface area contributed by atoms with Crippen molar-refractivity contribution in [3.8, 4) is 0 Å². The van der Waals surface area contributed by atoms with E-state index in [9.17, 15) is 14.3 Å². The van der Waals surface area contributed by atoms with E-state index in [1.165, 1.54) is 0 Å². The zero-order valence-corrected chi connectivity index (χ0v) is 6.37. The second kappa shape index (κ2) is 3.85. The summed E-state index contributed by atoms with van der Waals surface area (Å²) in [5.74, 6) is -1.65. The van der Waals surface area contributed by atoms with Crippen LogP contribution < -0.4 is 5.11 Å². The molecule has 64 valence electrons. The van der Waals surface area contributed by atoms with Crippen LogP contribution in [0.1, 0.15) is 5.56 Å². The molecule has 0 spiro atoms. The molecule has 0 fully saturated rings. The average molecular weight is 167 g/mol. The molecule has 3 heteroatoms. The fourth-order valence-corrected chi connectivity index (χ4v) is 0.904. The van der Waals surface area contributed by atoms with Crippen LogP contribution in [0.3, 0.4) is 0 Å². The van der Waals surface area contributed by atoms with Crippen molar-refractivity contribution in [1.29, 1.82) is 0 Å². The van der Waals surface area contributed by atoms with Crippen molar-refractivity contribution in [2.24, 2.45) is 0 Å². The SMILES string of the molecule is O=C([O-])[C@H](F)Cc1ccccc1. The molecule has 1 aromatic carbocycles. The van der Waals surface area contributed by atoms with Crippen molar-refractivity contribution >= 4 is 5.97 Å². The number of carboxylic acid groups (broad SMARTS) is 1. The molecule has 1 aromatic rings. The lowest BCUT2D eigenvalue weighted by Gasteiger charge is -2.07. The van der Waals surface area contributed by atoms with E-state index in [2.05, 4.69) is 0 Å². The van der Waals surface area contributed by atoms with Crippen LogP contribution in [-0.2, 0) is 11.2 Å². The molecule has 0 radical (unpaired) electrons. The van der Waals surface area contributed by atoms with Crippen LogP contribution in [0.5, 0.6) is 0 Å². The van der Waals surface area contributed by atoms with Crippen LogP contribution in [0.2, 0.25) is 0 Å². The van der Waals surface area contributed by atoms with Gasteiger partial charge in [0, 0.05) is 6.42 Å². The number of carbonyl (C=O) groups is 1. The Morgan fingerprint density at radius 3 is 2.50 bits per heavy atom. The van der Waals surface area contributed by atoms with Gasteiger partial charge in [-0.05, 0) is 5.56 Å². The lowest BCUT2D eigenvalue weighted by Crippen LogP contribution is -2.33. The standard InChI is InChI=1S/C9H9FO2/c10-8(9(11)12)6-7-4-2-1-3-5-7/h1-5,8H,6H2,(H,11,12)/p-1/t8-/m1/s1. The maximum atomic E-state index is 12.5. The van der Waals surface area contributed by atoms with Gasteiger partial charge in [0.25, 0.3) is 0 Å². The van der Waals surface area contributed by atoms with Crippen LogP contribution in [0.25, 0.3) is 0 Å². The Morgan fingerprint density at radius 2 is 2.00 bits per heavy atom. The zero-order valence-electron chi connectivity index (χ0n) is 6.37. The van der Waals surface area contributed by atoms with Gasteiger partial charge in [-0.25, -0.2) is 4.39 Å². The van der Waals surface area contributed by atoms with Gasteiger partial charge in [0.05, 0.1) is 5.97 Å². The molecule has 0 unspecified atom stereocenters. The molecule has 0 bridgehead atoms. The Hall–Kier alpha value is -1.38. The lowest BCUT2D eigenvalue weighted by atomic mass is 10.1. The van der Waals surface area contributed by atoms with Gasteiger partial charge in [0.2, 0.25) is 0 Å².